The molecule has 1 aliphatic carbocycles. The molecule has 7 heteroatoms. The van der Waals surface area contributed by atoms with Crippen molar-refractivity contribution < 1.29 is 8.42 Å². The van der Waals surface area contributed by atoms with Crippen LogP contribution in [0, 0.1) is 6.92 Å². The Morgan fingerprint density at radius 3 is 2.40 bits per heavy atom. The third kappa shape index (κ3) is 3.39. The minimum absolute atomic E-state index is 0.215. The molecule has 20 heavy (non-hydrogen) atoms. The molecule has 4 N–H and O–H groups in total. The van der Waals surface area contributed by atoms with E-state index in [1.54, 1.807) is 6.92 Å². The molecule has 1 saturated carbocycles. The molecular weight excluding hydrogens is 276 g/mol. The average Bonchev–Trinajstić information content (AvgIpc) is 2.80. The average molecular weight is 300 g/mol. The lowest BCUT2D eigenvalue weighted by molar-refractivity contribution is 0.296. The Balaban J connectivity index is 2.22. The van der Waals surface area contributed by atoms with Crippen LogP contribution in [0.5, 0.6) is 0 Å². The monoisotopic (exact) mass is 300 g/mol. The third-order valence-corrected chi connectivity index (χ3v) is 5.82. The minimum Gasteiger partial charge on any atom is -0.329 e. The van der Waals surface area contributed by atoms with Crippen LogP contribution in [0.2, 0.25) is 0 Å². The van der Waals surface area contributed by atoms with Crippen molar-refractivity contribution in [2.75, 3.05) is 6.54 Å². The zero-order valence-corrected chi connectivity index (χ0v) is 12.8. The van der Waals surface area contributed by atoms with Gasteiger partial charge in [0.1, 0.15) is 4.90 Å². The smallest absolute Gasteiger partial charge is 0.244 e. The van der Waals surface area contributed by atoms with Crippen LogP contribution in [0.25, 0.3) is 0 Å². The van der Waals surface area contributed by atoms with E-state index >= 15 is 0 Å². The number of aryl methyl sites for hydroxylation is 1. The molecule has 0 amide bonds. The fourth-order valence-electron chi connectivity index (χ4n) is 2.88. The maximum absolute atomic E-state index is 12.5. The van der Waals surface area contributed by atoms with Gasteiger partial charge in [-0.1, -0.05) is 32.1 Å². The molecule has 1 fully saturated rings. The van der Waals surface area contributed by atoms with Crippen LogP contribution in [0.4, 0.5) is 0 Å². The predicted octanol–water partition coefficient (Wildman–Crippen LogP) is 1.44. The number of sulfonamides is 1. The highest BCUT2D eigenvalue weighted by atomic mass is 32.2. The quantitative estimate of drug-likeness (QED) is 0.783. The summed E-state index contributed by atoms with van der Waals surface area (Å²) in [4.78, 5) is 0.215. The van der Waals surface area contributed by atoms with Crippen LogP contribution in [-0.2, 0) is 10.0 Å². The van der Waals surface area contributed by atoms with Gasteiger partial charge in [0.15, 0.2) is 0 Å². The fourth-order valence-corrected chi connectivity index (χ4v) is 4.49. The van der Waals surface area contributed by atoms with E-state index in [9.17, 15) is 8.42 Å². The summed E-state index contributed by atoms with van der Waals surface area (Å²) < 4.78 is 27.9. The number of nitrogens with zero attached hydrogens (tertiary/aromatic N) is 1. The van der Waals surface area contributed by atoms with Gasteiger partial charge < -0.3 is 5.73 Å². The highest BCUT2D eigenvalue weighted by Gasteiger charge is 2.34. The Labute approximate surface area is 120 Å². The summed E-state index contributed by atoms with van der Waals surface area (Å²) in [7, 11) is -3.57. The van der Waals surface area contributed by atoms with Crippen LogP contribution < -0.4 is 10.5 Å². The van der Waals surface area contributed by atoms with Gasteiger partial charge in [0.25, 0.3) is 0 Å². The number of aromatic amines is 1. The molecule has 0 bridgehead atoms. The van der Waals surface area contributed by atoms with Crippen LogP contribution in [0.3, 0.4) is 0 Å². The number of aromatic nitrogens is 2. The van der Waals surface area contributed by atoms with E-state index in [0.717, 1.165) is 38.5 Å². The topological polar surface area (TPSA) is 101 Å². The zero-order valence-electron chi connectivity index (χ0n) is 12.0. The number of H-pyrrole nitrogens is 1. The highest BCUT2D eigenvalue weighted by Crippen LogP contribution is 2.27. The summed E-state index contributed by atoms with van der Waals surface area (Å²) in [6.45, 7) is 2.04. The Hall–Kier alpha value is -0.920. The van der Waals surface area contributed by atoms with Crippen molar-refractivity contribution in [3.8, 4) is 0 Å². The largest absolute Gasteiger partial charge is 0.329 e. The van der Waals surface area contributed by atoms with Crippen molar-refractivity contribution >= 4 is 10.0 Å². The van der Waals surface area contributed by atoms with E-state index in [1.165, 1.54) is 12.6 Å². The Bertz CT molecular complexity index is 530. The van der Waals surface area contributed by atoms with E-state index in [4.69, 9.17) is 5.73 Å². The van der Waals surface area contributed by atoms with Gasteiger partial charge in [-0.25, -0.2) is 13.1 Å². The molecular formula is C13H24N4O2S. The molecule has 0 spiro atoms. The molecule has 2 rings (SSSR count). The van der Waals surface area contributed by atoms with Gasteiger partial charge >= 0.3 is 0 Å². The molecule has 1 aromatic heterocycles. The second-order valence-electron chi connectivity index (χ2n) is 5.72. The van der Waals surface area contributed by atoms with Crippen LogP contribution in [-0.4, -0.2) is 30.7 Å². The summed E-state index contributed by atoms with van der Waals surface area (Å²) in [5.74, 6) is 0. The predicted molar refractivity (Wildman–Crippen MR) is 77.8 cm³/mol. The van der Waals surface area contributed by atoms with Gasteiger partial charge in [0, 0.05) is 12.1 Å². The Morgan fingerprint density at radius 1 is 1.30 bits per heavy atom. The first-order valence-corrected chi connectivity index (χ1v) is 8.71. The molecule has 6 nitrogen and oxygen atoms in total. The van der Waals surface area contributed by atoms with Crippen LogP contribution in [0.15, 0.2) is 11.1 Å². The summed E-state index contributed by atoms with van der Waals surface area (Å²) >= 11 is 0. The molecule has 0 aromatic carbocycles. The lowest BCUT2D eigenvalue weighted by Gasteiger charge is -2.34. The van der Waals surface area contributed by atoms with Crippen LogP contribution >= 0.6 is 0 Å². The van der Waals surface area contributed by atoms with Crippen LogP contribution in [0.1, 0.15) is 50.6 Å². The van der Waals surface area contributed by atoms with E-state index in [1.807, 2.05) is 0 Å². The fraction of sp³-hybridized carbons (Fsp3) is 0.769. The van der Waals surface area contributed by atoms with Crippen molar-refractivity contribution in [1.29, 1.82) is 0 Å². The minimum atomic E-state index is -3.57. The van der Waals surface area contributed by atoms with E-state index in [-0.39, 0.29) is 4.90 Å². The van der Waals surface area contributed by atoms with Crippen molar-refractivity contribution in [2.45, 2.75) is 62.3 Å². The van der Waals surface area contributed by atoms with Gasteiger partial charge in [-0.3, -0.25) is 5.10 Å². The first kappa shape index (κ1) is 15.5. The molecule has 114 valence electrons. The second kappa shape index (κ2) is 6.24. The standard InChI is InChI=1S/C13H24N4O2S/c1-11-12(9-15-16-11)20(18,19)17-13(10-14)7-5-3-2-4-6-8-13/h9,17H,2-8,10,14H2,1H3,(H,15,16). The molecule has 0 unspecified atom stereocenters. The number of nitrogens with one attached hydrogen (secondary N) is 2. The molecule has 1 aliphatic rings. The highest BCUT2D eigenvalue weighted by molar-refractivity contribution is 7.89. The molecule has 0 atom stereocenters. The first-order valence-electron chi connectivity index (χ1n) is 7.23. The normalized spacial score (nSPS) is 20.3. The van der Waals surface area contributed by atoms with E-state index < -0.39 is 15.6 Å². The van der Waals surface area contributed by atoms with Crippen molar-refractivity contribution in [3.63, 3.8) is 0 Å². The van der Waals surface area contributed by atoms with Gasteiger partial charge in [-0.05, 0) is 19.8 Å². The van der Waals surface area contributed by atoms with Gasteiger partial charge in [0.05, 0.1) is 11.9 Å². The van der Waals surface area contributed by atoms with Gasteiger partial charge in [-0.2, -0.15) is 5.10 Å². The molecule has 0 aliphatic heterocycles. The third-order valence-electron chi connectivity index (χ3n) is 4.13. The van der Waals surface area contributed by atoms with Gasteiger partial charge in [0.2, 0.25) is 10.0 Å². The number of hydrogen-bond donors (Lipinski definition) is 3. The van der Waals surface area contributed by atoms with Crippen molar-refractivity contribution in [2.24, 2.45) is 5.73 Å². The van der Waals surface area contributed by atoms with E-state index in [0.29, 0.717) is 12.2 Å². The molecule has 1 aromatic rings. The molecule has 1 heterocycles. The van der Waals surface area contributed by atoms with Gasteiger partial charge in [-0.15, -0.1) is 0 Å². The zero-order chi connectivity index (χ0) is 14.6. The summed E-state index contributed by atoms with van der Waals surface area (Å²) in [6.07, 6.45) is 8.52. The number of rotatable bonds is 4. The first-order chi connectivity index (χ1) is 9.49. The molecule has 0 saturated heterocycles. The summed E-state index contributed by atoms with van der Waals surface area (Å²) in [6, 6.07) is 0. The molecule has 0 radical (unpaired) electrons. The maximum atomic E-state index is 12.5. The van der Waals surface area contributed by atoms with Crippen molar-refractivity contribution in [3.05, 3.63) is 11.9 Å². The summed E-state index contributed by atoms with van der Waals surface area (Å²) in [5.41, 5.74) is 5.95. The SMILES string of the molecule is Cc1[nH]ncc1S(=O)(=O)NC1(CN)CCCCCCC1. The van der Waals surface area contributed by atoms with E-state index in [2.05, 4.69) is 14.9 Å². The lowest BCUT2D eigenvalue weighted by atomic mass is 9.85. The maximum Gasteiger partial charge on any atom is 0.244 e. The summed E-state index contributed by atoms with van der Waals surface area (Å²) in [5, 5.41) is 6.45. The Kier molecular flexibility index (Phi) is 4.82. The van der Waals surface area contributed by atoms with Crippen molar-refractivity contribution in [1.82, 2.24) is 14.9 Å². The lowest BCUT2D eigenvalue weighted by Crippen LogP contribution is -2.53. The number of nitrogens with two attached hydrogens (primary N) is 1. The second-order valence-corrected chi connectivity index (χ2v) is 7.37. The number of hydrogen-bond acceptors (Lipinski definition) is 4. The Morgan fingerprint density at radius 2 is 1.90 bits per heavy atom.